The summed E-state index contributed by atoms with van der Waals surface area (Å²) in [5, 5.41) is 38.6. The van der Waals surface area contributed by atoms with E-state index in [4.69, 9.17) is 47.1 Å². The molecule has 0 bridgehead atoms. The van der Waals surface area contributed by atoms with E-state index in [9.17, 15) is 20.1 Å². The van der Waals surface area contributed by atoms with Crippen molar-refractivity contribution < 1.29 is 67.2 Å². The van der Waals surface area contributed by atoms with E-state index in [0.717, 1.165) is 122 Å². The van der Waals surface area contributed by atoms with Crippen molar-refractivity contribution in [3.63, 3.8) is 0 Å². The van der Waals surface area contributed by atoms with Crippen LogP contribution in [0.25, 0.3) is 0 Å². The third kappa shape index (κ3) is 13.9. The number of amides is 1. The number of fused-ring (bicyclic) bond motifs is 8. The van der Waals surface area contributed by atoms with Gasteiger partial charge in [0.05, 0.1) is 73.2 Å². The van der Waals surface area contributed by atoms with Crippen LogP contribution < -0.4 is 5.32 Å². The zero-order chi connectivity index (χ0) is 79.1. The minimum atomic E-state index is -2.04. The number of aliphatic hydroxyl groups is 3. The van der Waals surface area contributed by atoms with Gasteiger partial charge in [0.1, 0.15) is 17.8 Å². The number of nitrogens with zero attached hydrogens (tertiary/aromatic N) is 3. The Bertz CT molecular complexity index is 3250. The normalized spacial score (nSPS) is 46.6. The Labute approximate surface area is 681 Å². The van der Waals surface area contributed by atoms with Crippen LogP contribution in [0.2, 0.25) is 18.1 Å². The highest BCUT2D eigenvalue weighted by Gasteiger charge is 2.87. The monoisotopic (exact) mass is 1590 g/mol. The lowest BCUT2D eigenvalue weighted by Crippen LogP contribution is -2.61. The summed E-state index contributed by atoms with van der Waals surface area (Å²) in [6, 6.07) is 3.41. The molecule has 1 amide bonds. The van der Waals surface area contributed by atoms with E-state index in [1.54, 1.807) is 0 Å². The Balaban J connectivity index is 0.000000198. The molecule has 16 fully saturated rings. The molecule has 4 spiro atoms. The summed E-state index contributed by atoms with van der Waals surface area (Å²) in [6.45, 7) is 61.9. The number of hydrogen-bond acceptors (Lipinski definition) is 17. The number of carbonyl (C=O) groups is 1. The highest BCUT2D eigenvalue weighted by molar-refractivity contribution is 6.73. The Morgan fingerprint density at radius 1 is 0.554 bits per heavy atom. The number of morpholine rings is 2. The van der Waals surface area contributed by atoms with E-state index in [1.165, 1.54) is 77.0 Å². The molecule has 112 heavy (non-hydrogen) atoms. The standard InChI is InChI=1S/C51H90N2O8Si.C40H68N2O6.2CH4/c1-15-56-42(47(11,12)55)35-27-33(5)40-41(58-35)43(61-62(16-2,17-3)18-4)49(14)37-20-19-36-46(9,10)38(21-22-50(36)32-51(37,50)24-23-48(40,49)13)59-39-31-52(25-26-57-39)28-34-29-53(30-34)44(54)60-45(6,7)8;1-9-45-34(36(5,6)44)26-18-24(2)31-32(47-26)33(43)38(8)28-11-10-27-35(3,4)29(12-13-39(27)23-40(28,39)15-14-37(31,38)7)48-30-22-42(16-17-46-30)21-25-19-41-20-25;;/h33-43,55H,15-32H2,1-14H3;24-34,41,43-44H,9-23H2,1-8H3;2*1H4/t33-,35-,36+,37+,38+,39+,40+,41+,42+,43+,48-,49-,50-,51+;24-,26-,27+,28+,29+,30+,31+,32+,33+,34+,37-,38-,39-,40+;;/m11../s1. The fraction of sp³-hybridized carbons (Fsp3) is 0.989. The average Bonchev–Trinajstić information content (AvgIpc) is 1.46. The summed E-state index contributed by atoms with van der Waals surface area (Å²) in [7, 11) is -2.04. The number of nitrogens with one attached hydrogen (secondary N) is 1. The van der Waals surface area contributed by atoms with E-state index in [1.807, 2.05) is 67.2 Å². The third-order valence-corrected chi connectivity index (χ3v) is 41.6. The molecule has 0 aromatic carbocycles. The van der Waals surface area contributed by atoms with Crippen LogP contribution in [-0.4, -0.2) is 227 Å². The maximum Gasteiger partial charge on any atom is 0.410 e. The Hall–Kier alpha value is -1.11. The maximum atomic E-state index is 12.6. The van der Waals surface area contributed by atoms with Crippen LogP contribution in [0.5, 0.6) is 0 Å². The highest BCUT2D eigenvalue weighted by Crippen LogP contribution is 2.91. The second kappa shape index (κ2) is 31.0. The lowest BCUT2D eigenvalue weighted by atomic mass is 9.41. The van der Waals surface area contributed by atoms with Crippen LogP contribution in [0, 0.1) is 113 Å². The highest BCUT2D eigenvalue weighted by atomic mass is 28.4. The minimum Gasteiger partial charge on any atom is -0.444 e. The molecule has 6 aliphatic heterocycles. The van der Waals surface area contributed by atoms with Gasteiger partial charge in [0.25, 0.3) is 0 Å². The number of aliphatic hydroxyl groups excluding tert-OH is 1. The van der Waals surface area contributed by atoms with Crippen molar-refractivity contribution in [3.8, 4) is 0 Å². The van der Waals surface area contributed by atoms with Crippen molar-refractivity contribution in [2.75, 3.05) is 91.9 Å². The van der Waals surface area contributed by atoms with E-state index in [-0.39, 0.29) is 115 Å². The van der Waals surface area contributed by atoms with E-state index < -0.39 is 37.3 Å². The molecule has 10 saturated carbocycles. The van der Waals surface area contributed by atoms with Crippen LogP contribution in [0.1, 0.15) is 270 Å². The predicted octanol–water partition coefficient (Wildman–Crippen LogP) is 16.4. The van der Waals surface area contributed by atoms with E-state index in [2.05, 4.69) is 105 Å². The van der Waals surface area contributed by atoms with Crippen molar-refractivity contribution in [2.24, 2.45) is 113 Å². The number of hydrogen-bond donors (Lipinski definition) is 4. The van der Waals surface area contributed by atoms with Gasteiger partial charge in [0.2, 0.25) is 0 Å². The minimum absolute atomic E-state index is 0. The van der Waals surface area contributed by atoms with Gasteiger partial charge in [-0.3, -0.25) is 9.80 Å². The van der Waals surface area contributed by atoms with Crippen LogP contribution in [0.15, 0.2) is 0 Å². The maximum absolute atomic E-state index is 12.6. The molecule has 0 aromatic heterocycles. The summed E-state index contributed by atoms with van der Waals surface area (Å²) >= 11 is 0. The molecule has 10 aliphatic carbocycles. The molecule has 6 saturated heterocycles. The summed E-state index contributed by atoms with van der Waals surface area (Å²) in [4.78, 5) is 19.5. The van der Waals surface area contributed by atoms with Gasteiger partial charge in [-0.15, -0.1) is 0 Å². The Morgan fingerprint density at radius 2 is 0.973 bits per heavy atom. The van der Waals surface area contributed by atoms with Crippen molar-refractivity contribution in [1.82, 2.24) is 20.0 Å². The topological polar surface area (TPSA) is 192 Å². The molecule has 4 N–H and O–H groups in total. The fourth-order valence-corrected chi connectivity index (χ4v) is 34.3. The van der Waals surface area contributed by atoms with Crippen LogP contribution in [-0.2, 0) is 47.1 Å². The molecule has 18 nitrogen and oxygen atoms in total. The van der Waals surface area contributed by atoms with Crippen molar-refractivity contribution in [3.05, 3.63) is 0 Å². The molecular weight excluding hydrogens is 1430 g/mol. The first-order chi connectivity index (χ1) is 51.6. The summed E-state index contributed by atoms with van der Waals surface area (Å²) in [5.41, 5.74) is -1.01. The van der Waals surface area contributed by atoms with Gasteiger partial charge < -0.3 is 72.6 Å². The van der Waals surface area contributed by atoms with Gasteiger partial charge in [-0.05, 0) is 280 Å². The predicted molar refractivity (Wildman–Crippen MR) is 445 cm³/mol. The third-order valence-electron chi connectivity index (χ3n) is 36.9. The summed E-state index contributed by atoms with van der Waals surface area (Å²) < 4.78 is 67.3. The SMILES string of the molecule is C.C.CCO[C@@H]([C@H]1C[C@@H](C)[C@H]2[C@H](O1)[C@H](O)[C@@]1(C)[C@@H]3CC[C@H]4C(C)(C)[C@@H](O[C@H]5CN(CC6CNC6)CCO5)CC[C@@]45C[C@@]35CC[C@]21C)C(C)(C)O.CCO[C@@H]([C@H]1C[C@@H](C)[C@H]2[C@H](O1)[C@H](O[Si](CC)(CC)CC)[C@@]1(C)[C@@H]3CC[C@H]4C(C)(C)[C@@H](O[C@H]5CN(CC6CN(C(=O)OC(C)(C)C)C6)CCO5)CC[C@@]45C[C@@]35CC[C@]21C)C(C)(C)O. The van der Waals surface area contributed by atoms with Crippen LogP contribution in [0.4, 0.5) is 4.79 Å². The zero-order valence-corrected chi connectivity index (χ0v) is 74.2. The quantitative estimate of drug-likeness (QED) is 0.0793. The molecule has 19 heteroatoms. The molecular formula is C93H166N4O14Si. The van der Waals surface area contributed by atoms with Crippen LogP contribution in [0.3, 0.4) is 0 Å². The second-order valence-corrected chi connectivity index (χ2v) is 49.4. The molecule has 16 aliphatic rings. The van der Waals surface area contributed by atoms with Gasteiger partial charge in [0, 0.05) is 95.4 Å². The van der Waals surface area contributed by atoms with Crippen LogP contribution >= 0.6 is 0 Å². The van der Waals surface area contributed by atoms with E-state index >= 15 is 0 Å². The smallest absolute Gasteiger partial charge is 0.410 e. The first kappa shape index (κ1) is 88.7. The Kier molecular flexibility index (Phi) is 24.6. The molecule has 0 unspecified atom stereocenters. The lowest BCUT2D eigenvalue weighted by Gasteiger charge is -2.64. The first-order valence-electron chi connectivity index (χ1n) is 45.6. The number of ether oxygens (including phenoxy) is 9. The fourth-order valence-electron chi connectivity index (χ4n) is 31.4. The summed E-state index contributed by atoms with van der Waals surface area (Å²) in [6.07, 6.45) is 17.2. The van der Waals surface area contributed by atoms with Gasteiger partial charge in [-0.25, -0.2) is 4.79 Å². The number of carbonyl (C=O) groups excluding carboxylic acids is 1. The average molecular weight is 1590 g/mol. The molecule has 28 atom stereocenters. The van der Waals surface area contributed by atoms with Gasteiger partial charge in [-0.2, -0.15) is 0 Å². The molecule has 16 rings (SSSR count). The Morgan fingerprint density at radius 3 is 1.40 bits per heavy atom. The largest absolute Gasteiger partial charge is 0.444 e. The van der Waals surface area contributed by atoms with Crippen molar-refractivity contribution in [1.29, 1.82) is 0 Å². The molecule has 0 aromatic rings. The van der Waals surface area contributed by atoms with Gasteiger partial charge in [-0.1, -0.05) is 105 Å². The number of rotatable bonds is 21. The molecule has 6 heterocycles. The first-order valence-corrected chi connectivity index (χ1v) is 48.2. The van der Waals surface area contributed by atoms with Crippen molar-refractivity contribution >= 4 is 14.4 Å². The second-order valence-electron chi connectivity index (χ2n) is 44.7. The molecule has 0 radical (unpaired) electrons. The van der Waals surface area contributed by atoms with Gasteiger partial charge in [0.15, 0.2) is 20.9 Å². The molecule has 646 valence electrons. The van der Waals surface area contributed by atoms with Gasteiger partial charge >= 0.3 is 6.09 Å². The van der Waals surface area contributed by atoms with E-state index in [0.29, 0.717) is 94.7 Å². The zero-order valence-electron chi connectivity index (χ0n) is 73.2. The van der Waals surface area contributed by atoms with Crippen molar-refractivity contribution in [2.45, 2.75) is 378 Å². The lowest BCUT2D eigenvalue weighted by molar-refractivity contribution is -0.249. The summed E-state index contributed by atoms with van der Waals surface area (Å²) in [5.74, 6) is 5.20. The number of likely N-dealkylation sites (tertiary alicyclic amines) is 1.